The summed E-state index contributed by atoms with van der Waals surface area (Å²) < 4.78 is 11.1. The van der Waals surface area contributed by atoms with Crippen LogP contribution in [0.15, 0.2) is 35.3 Å². The number of fused-ring (bicyclic) bond motifs is 1. The number of benzene rings is 1. The normalized spacial score (nSPS) is 24.6. The average Bonchev–Trinajstić information content (AvgIpc) is 3.26. The number of piperidine rings is 1. The molecule has 8 nitrogen and oxygen atoms in total. The molecule has 1 aromatic carbocycles. The Morgan fingerprint density at radius 1 is 1.19 bits per heavy atom. The van der Waals surface area contributed by atoms with Crippen LogP contribution < -0.4 is 0 Å². The van der Waals surface area contributed by atoms with Gasteiger partial charge in [-0.3, -0.25) is 9.69 Å². The standard InChI is InChI=1S/C23H31N3O5/c1-22(2,3)31-21(29)26-17(20(28)30-14-16-9-7-6-8-10-16)11-23(12-18(23)26)13-19(27)24-15-25(4)5/h6-10,15,17-18H,11-14H2,1-5H3/b24-15+/t17-,18-,23+/m0/s1. The summed E-state index contributed by atoms with van der Waals surface area (Å²) in [6.07, 6.45) is 2.11. The summed E-state index contributed by atoms with van der Waals surface area (Å²) in [4.78, 5) is 45.3. The van der Waals surface area contributed by atoms with Crippen molar-refractivity contribution in [3.05, 3.63) is 35.9 Å². The molecule has 1 saturated heterocycles. The predicted molar refractivity (Wildman–Crippen MR) is 115 cm³/mol. The zero-order chi connectivity index (χ0) is 22.8. The maximum Gasteiger partial charge on any atom is 0.411 e. The number of ether oxygens (including phenoxy) is 2. The van der Waals surface area contributed by atoms with Crippen LogP contribution in [0.3, 0.4) is 0 Å². The quantitative estimate of drug-likeness (QED) is 0.392. The van der Waals surface area contributed by atoms with Crippen LogP contribution in [-0.2, 0) is 25.7 Å². The second-order valence-corrected chi connectivity index (χ2v) is 9.56. The molecule has 0 bridgehead atoms. The zero-order valence-corrected chi connectivity index (χ0v) is 18.8. The molecule has 2 aliphatic rings. The minimum Gasteiger partial charge on any atom is -0.459 e. The van der Waals surface area contributed by atoms with E-state index in [-0.39, 0.29) is 25.0 Å². The van der Waals surface area contributed by atoms with Crippen molar-refractivity contribution in [2.24, 2.45) is 10.4 Å². The van der Waals surface area contributed by atoms with E-state index in [1.165, 1.54) is 11.2 Å². The molecular formula is C23H31N3O5. The number of aliphatic imine (C=N–C) groups is 1. The van der Waals surface area contributed by atoms with Gasteiger partial charge in [-0.05, 0) is 39.2 Å². The Labute approximate surface area is 183 Å². The van der Waals surface area contributed by atoms with Gasteiger partial charge in [-0.2, -0.15) is 0 Å². The van der Waals surface area contributed by atoms with E-state index in [9.17, 15) is 14.4 Å². The van der Waals surface area contributed by atoms with Gasteiger partial charge in [-0.25, -0.2) is 14.6 Å². The molecule has 1 aliphatic carbocycles. The van der Waals surface area contributed by atoms with Crippen molar-refractivity contribution in [1.29, 1.82) is 0 Å². The van der Waals surface area contributed by atoms with Crippen molar-refractivity contribution in [3.8, 4) is 0 Å². The van der Waals surface area contributed by atoms with E-state index in [1.807, 2.05) is 30.3 Å². The van der Waals surface area contributed by atoms with E-state index in [2.05, 4.69) is 4.99 Å². The first kappa shape index (κ1) is 22.8. The summed E-state index contributed by atoms with van der Waals surface area (Å²) in [6.45, 7) is 5.47. The van der Waals surface area contributed by atoms with Gasteiger partial charge in [0.25, 0.3) is 0 Å². The lowest BCUT2D eigenvalue weighted by atomic mass is 9.95. The molecule has 168 valence electrons. The van der Waals surface area contributed by atoms with E-state index in [0.29, 0.717) is 12.8 Å². The van der Waals surface area contributed by atoms with E-state index < -0.39 is 29.1 Å². The van der Waals surface area contributed by atoms with E-state index in [1.54, 1.807) is 39.8 Å². The summed E-state index contributed by atoms with van der Waals surface area (Å²) in [5.74, 6) is -0.746. The fourth-order valence-corrected chi connectivity index (χ4v) is 4.02. The number of nitrogens with zero attached hydrogens (tertiary/aromatic N) is 3. The number of esters is 1. The third kappa shape index (κ3) is 5.62. The Hall–Kier alpha value is -2.90. The topological polar surface area (TPSA) is 88.5 Å². The Balaban J connectivity index is 1.73. The van der Waals surface area contributed by atoms with Crippen LogP contribution >= 0.6 is 0 Å². The van der Waals surface area contributed by atoms with Gasteiger partial charge in [0.2, 0.25) is 5.91 Å². The lowest BCUT2D eigenvalue weighted by Crippen LogP contribution is -2.46. The van der Waals surface area contributed by atoms with Crippen molar-refractivity contribution >= 4 is 24.3 Å². The molecule has 0 N–H and O–H groups in total. The second kappa shape index (κ2) is 8.69. The first-order chi connectivity index (χ1) is 14.5. The number of rotatable bonds is 6. The molecule has 1 heterocycles. The van der Waals surface area contributed by atoms with Gasteiger partial charge in [-0.15, -0.1) is 0 Å². The lowest BCUT2D eigenvalue weighted by Gasteiger charge is -2.29. The van der Waals surface area contributed by atoms with Gasteiger partial charge in [0.15, 0.2) is 0 Å². The fourth-order valence-electron chi connectivity index (χ4n) is 4.02. The van der Waals surface area contributed by atoms with Crippen molar-refractivity contribution in [2.45, 2.75) is 64.3 Å². The highest BCUT2D eigenvalue weighted by Gasteiger charge is 2.68. The molecule has 8 heteroatoms. The van der Waals surface area contributed by atoms with Crippen LogP contribution in [0.4, 0.5) is 4.79 Å². The number of hydrogen-bond acceptors (Lipinski definition) is 5. The molecule has 2 amide bonds. The summed E-state index contributed by atoms with van der Waals surface area (Å²) in [5.41, 5.74) is -0.277. The molecule has 1 saturated carbocycles. The molecule has 0 spiro atoms. The summed E-state index contributed by atoms with van der Waals surface area (Å²) in [6, 6.07) is 8.37. The number of likely N-dealkylation sites (tertiary alicyclic amines) is 1. The van der Waals surface area contributed by atoms with Gasteiger partial charge in [-0.1, -0.05) is 30.3 Å². The Bertz CT molecular complexity index is 862. The molecular weight excluding hydrogens is 398 g/mol. The molecule has 2 fully saturated rings. The SMILES string of the molecule is CN(C)/C=N/C(=O)C[C@@]12C[C@@H]1N(C(=O)OC(C)(C)C)[C@H](C(=O)OCc1ccccc1)C2. The maximum atomic E-state index is 12.9. The molecule has 0 aromatic heterocycles. The van der Waals surface area contributed by atoms with E-state index in [0.717, 1.165) is 5.56 Å². The minimum absolute atomic E-state index is 0.127. The zero-order valence-electron chi connectivity index (χ0n) is 18.8. The van der Waals surface area contributed by atoms with Crippen LogP contribution in [-0.4, -0.2) is 65.9 Å². The van der Waals surface area contributed by atoms with Crippen LogP contribution in [0.1, 0.15) is 45.6 Å². The number of hydrogen-bond donors (Lipinski definition) is 0. The molecule has 31 heavy (non-hydrogen) atoms. The van der Waals surface area contributed by atoms with Crippen molar-refractivity contribution in [2.75, 3.05) is 14.1 Å². The van der Waals surface area contributed by atoms with Crippen molar-refractivity contribution in [3.63, 3.8) is 0 Å². The lowest BCUT2D eigenvalue weighted by molar-refractivity contribution is -0.151. The Morgan fingerprint density at radius 3 is 2.48 bits per heavy atom. The van der Waals surface area contributed by atoms with E-state index >= 15 is 0 Å². The minimum atomic E-state index is -0.775. The third-order valence-corrected chi connectivity index (χ3v) is 5.45. The Morgan fingerprint density at radius 2 is 1.87 bits per heavy atom. The van der Waals surface area contributed by atoms with Crippen molar-refractivity contribution < 1.29 is 23.9 Å². The molecule has 0 radical (unpaired) electrons. The largest absolute Gasteiger partial charge is 0.459 e. The molecule has 1 aliphatic heterocycles. The van der Waals surface area contributed by atoms with Crippen LogP contribution in [0.2, 0.25) is 0 Å². The smallest absolute Gasteiger partial charge is 0.411 e. The van der Waals surface area contributed by atoms with Gasteiger partial charge in [0.1, 0.15) is 18.2 Å². The van der Waals surface area contributed by atoms with Crippen LogP contribution in [0.5, 0.6) is 0 Å². The average molecular weight is 430 g/mol. The van der Waals surface area contributed by atoms with Gasteiger partial charge in [0, 0.05) is 32.0 Å². The number of carbonyl (C=O) groups excluding carboxylic acids is 3. The van der Waals surface area contributed by atoms with Crippen molar-refractivity contribution in [1.82, 2.24) is 9.80 Å². The fraction of sp³-hybridized carbons (Fsp3) is 0.565. The van der Waals surface area contributed by atoms with Crippen LogP contribution in [0, 0.1) is 5.41 Å². The maximum absolute atomic E-state index is 12.9. The number of amides is 2. The monoisotopic (exact) mass is 429 g/mol. The third-order valence-electron chi connectivity index (χ3n) is 5.45. The highest BCUT2D eigenvalue weighted by Crippen LogP contribution is 2.62. The highest BCUT2D eigenvalue weighted by molar-refractivity contribution is 5.87. The van der Waals surface area contributed by atoms with Gasteiger partial charge in [0.05, 0.1) is 6.34 Å². The first-order valence-electron chi connectivity index (χ1n) is 10.5. The second-order valence-electron chi connectivity index (χ2n) is 9.56. The Kier molecular flexibility index (Phi) is 6.38. The molecule has 0 unspecified atom stereocenters. The number of carbonyl (C=O) groups is 3. The van der Waals surface area contributed by atoms with Gasteiger partial charge < -0.3 is 14.4 Å². The first-order valence-corrected chi connectivity index (χ1v) is 10.5. The van der Waals surface area contributed by atoms with Crippen LogP contribution in [0.25, 0.3) is 0 Å². The summed E-state index contributed by atoms with van der Waals surface area (Å²) in [5, 5.41) is 0. The highest BCUT2D eigenvalue weighted by atomic mass is 16.6. The summed E-state index contributed by atoms with van der Waals surface area (Å²) >= 11 is 0. The van der Waals surface area contributed by atoms with E-state index in [4.69, 9.17) is 9.47 Å². The van der Waals surface area contributed by atoms with Gasteiger partial charge >= 0.3 is 12.1 Å². The predicted octanol–water partition coefficient (Wildman–Crippen LogP) is 3.00. The molecule has 3 atom stereocenters. The summed E-state index contributed by atoms with van der Waals surface area (Å²) in [7, 11) is 3.57. The molecule has 1 aromatic rings. The molecule has 3 rings (SSSR count).